The molecule has 1 aliphatic rings. The van der Waals surface area contributed by atoms with E-state index in [0.717, 1.165) is 46.2 Å². The van der Waals surface area contributed by atoms with Crippen molar-refractivity contribution in [2.24, 2.45) is 0 Å². The smallest absolute Gasteiger partial charge is 0.227 e. The molecule has 2 aromatic heterocycles. The van der Waals surface area contributed by atoms with Gasteiger partial charge in [-0.25, -0.2) is 9.97 Å². The van der Waals surface area contributed by atoms with Gasteiger partial charge >= 0.3 is 0 Å². The van der Waals surface area contributed by atoms with Gasteiger partial charge in [0.15, 0.2) is 5.16 Å². The number of fused-ring (bicyclic) bond motifs is 1. The number of hydrogen-bond acceptors (Lipinski definition) is 6. The maximum absolute atomic E-state index is 4.63. The Morgan fingerprint density at radius 1 is 1.29 bits per heavy atom. The number of anilines is 2. The summed E-state index contributed by atoms with van der Waals surface area (Å²) in [5, 5.41) is 4.51. The van der Waals surface area contributed by atoms with Gasteiger partial charge in [-0.15, -0.1) is 0 Å². The van der Waals surface area contributed by atoms with Crippen LogP contribution in [0.4, 0.5) is 11.8 Å². The summed E-state index contributed by atoms with van der Waals surface area (Å²) in [5.41, 5.74) is 3.14. The van der Waals surface area contributed by atoms with E-state index in [0.29, 0.717) is 6.54 Å². The maximum atomic E-state index is 4.63. The summed E-state index contributed by atoms with van der Waals surface area (Å²) in [6, 6.07) is 0. The average molecular weight is 304 g/mol. The third-order valence-corrected chi connectivity index (χ3v) is 4.54. The Morgan fingerprint density at radius 2 is 2.10 bits per heavy atom. The van der Waals surface area contributed by atoms with Crippen LogP contribution < -0.4 is 10.2 Å². The highest BCUT2D eigenvalue weighted by Crippen LogP contribution is 2.25. The lowest BCUT2D eigenvalue weighted by atomic mass is 10.2. The quantitative estimate of drug-likeness (QED) is 0.933. The Kier molecular flexibility index (Phi) is 3.75. The van der Waals surface area contributed by atoms with Crippen LogP contribution in [0.15, 0.2) is 11.4 Å². The number of imidazole rings is 1. The summed E-state index contributed by atoms with van der Waals surface area (Å²) in [7, 11) is 3.90. The molecule has 112 valence electrons. The second-order valence-electron chi connectivity index (χ2n) is 5.39. The van der Waals surface area contributed by atoms with Crippen molar-refractivity contribution in [3.63, 3.8) is 0 Å². The minimum absolute atomic E-state index is 0.685. The molecule has 0 bridgehead atoms. The molecule has 0 saturated heterocycles. The van der Waals surface area contributed by atoms with Gasteiger partial charge in [-0.05, 0) is 13.8 Å². The Hall–Kier alpha value is -1.76. The van der Waals surface area contributed by atoms with Crippen LogP contribution in [0, 0.1) is 13.8 Å². The Bertz CT molecular complexity index is 642. The lowest BCUT2D eigenvalue weighted by Gasteiger charge is -2.15. The zero-order valence-corrected chi connectivity index (χ0v) is 13.7. The summed E-state index contributed by atoms with van der Waals surface area (Å²) in [6.45, 7) is 5.80. The van der Waals surface area contributed by atoms with E-state index in [1.807, 2.05) is 44.6 Å². The van der Waals surface area contributed by atoms with Crippen LogP contribution in [0.1, 0.15) is 17.0 Å². The molecule has 0 saturated carbocycles. The largest absolute Gasteiger partial charge is 0.364 e. The lowest BCUT2D eigenvalue weighted by molar-refractivity contribution is 0.719. The highest BCUT2D eigenvalue weighted by Gasteiger charge is 2.15. The summed E-state index contributed by atoms with van der Waals surface area (Å²) in [5.74, 6) is 2.74. The summed E-state index contributed by atoms with van der Waals surface area (Å²) in [4.78, 5) is 15.6. The van der Waals surface area contributed by atoms with Gasteiger partial charge in [0.1, 0.15) is 5.82 Å². The van der Waals surface area contributed by atoms with Crippen molar-refractivity contribution in [3.8, 4) is 0 Å². The predicted octanol–water partition coefficient (Wildman–Crippen LogP) is 2.07. The Labute approximate surface area is 129 Å². The van der Waals surface area contributed by atoms with Gasteiger partial charge in [0.25, 0.3) is 0 Å². The standard InChI is InChI=1S/C14H20N6S/c1-9-10(2)16-13(19(3)4)18-12(9)15-7-11-8-20-5-6-21-14(20)17-11/h8H,5-7H2,1-4H3,(H,15,16,18). The number of nitrogens with one attached hydrogen (secondary N) is 1. The molecule has 0 spiro atoms. The van der Waals surface area contributed by atoms with Crippen LogP contribution in [-0.2, 0) is 13.1 Å². The first-order valence-electron chi connectivity index (χ1n) is 7.00. The van der Waals surface area contributed by atoms with Crippen LogP contribution in [0.2, 0.25) is 0 Å². The topological polar surface area (TPSA) is 58.9 Å². The number of nitrogens with zero attached hydrogens (tertiary/aromatic N) is 5. The van der Waals surface area contributed by atoms with E-state index in [1.54, 1.807) is 0 Å². The van der Waals surface area contributed by atoms with E-state index in [1.165, 1.54) is 0 Å². The molecule has 21 heavy (non-hydrogen) atoms. The maximum Gasteiger partial charge on any atom is 0.227 e. The fraction of sp³-hybridized carbons (Fsp3) is 0.500. The fourth-order valence-corrected chi connectivity index (χ4v) is 3.17. The van der Waals surface area contributed by atoms with E-state index >= 15 is 0 Å². The van der Waals surface area contributed by atoms with Crippen molar-refractivity contribution in [2.75, 3.05) is 30.1 Å². The number of aryl methyl sites for hydroxylation is 2. The van der Waals surface area contributed by atoms with Gasteiger partial charge in [-0.3, -0.25) is 0 Å². The highest BCUT2D eigenvalue weighted by molar-refractivity contribution is 7.99. The number of aromatic nitrogens is 4. The van der Waals surface area contributed by atoms with Crippen molar-refractivity contribution < 1.29 is 0 Å². The van der Waals surface area contributed by atoms with Gasteiger partial charge in [0.05, 0.1) is 12.2 Å². The fourth-order valence-electron chi connectivity index (χ4n) is 2.21. The number of thioether (sulfide) groups is 1. The van der Waals surface area contributed by atoms with Crippen LogP contribution in [-0.4, -0.2) is 39.4 Å². The Balaban J connectivity index is 1.77. The molecule has 0 amide bonds. The zero-order valence-electron chi connectivity index (χ0n) is 12.8. The molecule has 2 aromatic rings. The van der Waals surface area contributed by atoms with Gasteiger partial charge in [-0.2, -0.15) is 4.98 Å². The van der Waals surface area contributed by atoms with Crippen molar-refractivity contribution in [1.82, 2.24) is 19.5 Å². The molecule has 0 aliphatic carbocycles. The zero-order chi connectivity index (χ0) is 15.0. The first kappa shape index (κ1) is 14.2. The SMILES string of the molecule is Cc1nc(N(C)C)nc(NCc2cn3c(n2)SCC3)c1C. The molecule has 1 aliphatic heterocycles. The van der Waals surface area contributed by atoms with E-state index in [2.05, 4.69) is 31.0 Å². The molecular formula is C14H20N6S. The van der Waals surface area contributed by atoms with Gasteiger partial charge in [0.2, 0.25) is 5.95 Å². The number of rotatable bonds is 4. The molecule has 3 heterocycles. The van der Waals surface area contributed by atoms with Crippen LogP contribution in [0.25, 0.3) is 0 Å². The van der Waals surface area contributed by atoms with Crippen molar-refractivity contribution in [1.29, 1.82) is 0 Å². The normalized spacial score (nSPS) is 13.3. The summed E-state index contributed by atoms with van der Waals surface area (Å²) < 4.78 is 2.21. The minimum atomic E-state index is 0.685. The van der Waals surface area contributed by atoms with E-state index in [9.17, 15) is 0 Å². The minimum Gasteiger partial charge on any atom is -0.364 e. The third-order valence-electron chi connectivity index (χ3n) is 3.57. The van der Waals surface area contributed by atoms with Crippen molar-refractivity contribution >= 4 is 23.5 Å². The molecule has 0 radical (unpaired) electrons. The second-order valence-corrected chi connectivity index (χ2v) is 6.45. The number of hydrogen-bond donors (Lipinski definition) is 1. The first-order valence-corrected chi connectivity index (χ1v) is 7.98. The van der Waals surface area contributed by atoms with E-state index < -0.39 is 0 Å². The molecule has 0 atom stereocenters. The lowest BCUT2D eigenvalue weighted by Crippen LogP contribution is -2.16. The van der Waals surface area contributed by atoms with Crippen LogP contribution in [0.3, 0.4) is 0 Å². The molecule has 7 heteroatoms. The molecule has 6 nitrogen and oxygen atoms in total. The molecule has 1 N–H and O–H groups in total. The molecule has 0 aromatic carbocycles. The summed E-state index contributed by atoms with van der Waals surface area (Å²) in [6.07, 6.45) is 2.12. The van der Waals surface area contributed by atoms with Gasteiger partial charge < -0.3 is 14.8 Å². The third kappa shape index (κ3) is 2.83. The Morgan fingerprint density at radius 3 is 2.81 bits per heavy atom. The monoisotopic (exact) mass is 304 g/mol. The van der Waals surface area contributed by atoms with Crippen molar-refractivity contribution in [3.05, 3.63) is 23.1 Å². The predicted molar refractivity (Wildman–Crippen MR) is 86.1 cm³/mol. The summed E-state index contributed by atoms with van der Waals surface area (Å²) >= 11 is 1.81. The van der Waals surface area contributed by atoms with E-state index in [4.69, 9.17) is 0 Å². The van der Waals surface area contributed by atoms with Crippen LogP contribution in [0.5, 0.6) is 0 Å². The van der Waals surface area contributed by atoms with Crippen LogP contribution >= 0.6 is 11.8 Å². The molecule has 0 unspecified atom stereocenters. The molecule has 3 rings (SSSR count). The average Bonchev–Trinajstić information content (AvgIpc) is 3.00. The first-order chi connectivity index (χ1) is 10.0. The van der Waals surface area contributed by atoms with Gasteiger partial charge in [-0.1, -0.05) is 11.8 Å². The second kappa shape index (κ2) is 5.55. The highest BCUT2D eigenvalue weighted by atomic mass is 32.2. The molecule has 0 fully saturated rings. The van der Waals surface area contributed by atoms with Gasteiger partial charge in [0, 0.05) is 43.8 Å². The molecular weight excluding hydrogens is 284 g/mol. The van der Waals surface area contributed by atoms with E-state index in [-0.39, 0.29) is 0 Å². The van der Waals surface area contributed by atoms with Crippen molar-refractivity contribution in [2.45, 2.75) is 32.1 Å².